The van der Waals surface area contributed by atoms with E-state index >= 15 is 0 Å². The van der Waals surface area contributed by atoms with Crippen LogP contribution >= 0.6 is 11.3 Å². The summed E-state index contributed by atoms with van der Waals surface area (Å²) in [5.74, 6) is 0.165. The highest BCUT2D eigenvalue weighted by Gasteiger charge is 2.38. The summed E-state index contributed by atoms with van der Waals surface area (Å²) in [4.78, 5) is 29.9. The van der Waals surface area contributed by atoms with Crippen molar-refractivity contribution in [3.63, 3.8) is 0 Å². The first-order chi connectivity index (χ1) is 16.7. The molecular weight excluding hydrogens is 442 g/mol. The normalized spacial score (nSPS) is 19.7. The number of carbonyl (C=O) groups excluding carboxylic acids is 2. The molecule has 0 bridgehead atoms. The Morgan fingerprint density at radius 2 is 1.76 bits per heavy atom. The lowest BCUT2D eigenvalue weighted by Gasteiger charge is -2.34. The first kappa shape index (κ1) is 21.2. The van der Waals surface area contributed by atoms with E-state index in [0.29, 0.717) is 6.42 Å². The fraction of sp³-hybridized carbons (Fsp3) is 0.286. The number of anilines is 2. The number of thiophene rings is 1. The molecule has 0 fully saturated rings. The van der Waals surface area contributed by atoms with Crippen LogP contribution in [0.1, 0.15) is 41.3 Å². The standard InChI is InChI=1S/C28H27N3O2S/c32-24-12-5-10-22-27(24)28(25-13-6-14-34-25)31(23-11-4-3-9-21(23)30-22)17-26(33)29-20-15-18-7-1-2-8-19(18)16-20/h1-4,6-9,11,13-14,20,28,30H,5,10,12,15-17H2,(H,29,33). The van der Waals surface area contributed by atoms with Crippen LogP contribution in [-0.2, 0) is 22.4 Å². The summed E-state index contributed by atoms with van der Waals surface area (Å²) in [6.07, 6.45) is 3.98. The van der Waals surface area contributed by atoms with Crippen LogP contribution in [0.5, 0.6) is 0 Å². The van der Waals surface area contributed by atoms with Gasteiger partial charge in [-0.3, -0.25) is 9.59 Å². The molecule has 0 saturated heterocycles. The van der Waals surface area contributed by atoms with Gasteiger partial charge in [-0.15, -0.1) is 11.3 Å². The predicted octanol–water partition coefficient (Wildman–Crippen LogP) is 5.01. The van der Waals surface area contributed by atoms with Gasteiger partial charge in [0.05, 0.1) is 24.0 Å². The zero-order chi connectivity index (χ0) is 23.1. The first-order valence-corrected chi connectivity index (χ1v) is 12.8. The summed E-state index contributed by atoms with van der Waals surface area (Å²) in [6, 6.07) is 20.4. The van der Waals surface area contributed by atoms with Crippen molar-refractivity contribution in [3.05, 3.63) is 93.3 Å². The van der Waals surface area contributed by atoms with E-state index in [1.165, 1.54) is 11.1 Å². The highest BCUT2D eigenvalue weighted by molar-refractivity contribution is 7.10. The number of amides is 1. The molecule has 1 atom stereocenters. The number of fused-ring (bicyclic) bond motifs is 2. The van der Waals surface area contributed by atoms with Crippen LogP contribution in [0, 0.1) is 0 Å². The lowest BCUT2D eigenvalue weighted by molar-refractivity contribution is -0.121. The fourth-order valence-corrected chi connectivity index (χ4v) is 6.45. The number of allylic oxidation sites excluding steroid dienone is 1. The molecule has 1 unspecified atom stereocenters. The Balaban J connectivity index is 1.35. The number of hydrogen-bond acceptors (Lipinski definition) is 5. The molecule has 1 amide bonds. The minimum absolute atomic E-state index is 0.0125. The summed E-state index contributed by atoms with van der Waals surface area (Å²) in [5, 5.41) is 8.88. The monoisotopic (exact) mass is 469 g/mol. The largest absolute Gasteiger partial charge is 0.357 e. The molecule has 0 saturated carbocycles. The van der Waals surface area contributed by atoms with Gasteiger partial charge >= 0.3 is 0 Å². The Kier molecular flexibility index (Phi) is 5.46. The second-order valence-corrected chi connectivity index (χ2v) is 10.3. The average molecular weight is 470 g/mol. The van der Waals surface area contributed by atoms with E-state index in [9.17, 15) is 9.59 Å². The van der Waals surface area contributed by atoms with Crippen molar-refractivity contribution in [2.75, 3.05) is 16.8 Å². The maximum absolute atomic E-state index is 13.4. The molecule has 3 aliphatic rings. The van der Waals surface area contributed by atoms with Crippen molar-refractivity contribution in [1.29, 1.82) is 0 Å². The number of nitrogens with one attached hydrogen (secondary N) is 2. The Bertz CT molecular complexity index is 1260. The van der Waals surface area contributed by atoms with Crippen LogP contribution < -0.4 is 15.5 Å². The third-order valence-corrected chi connectivity index (χ3v) is 8.01. The van der Waals surface area contributed by atoms with Gasteiger partial charge in [-0.2, -0.15) is 0 Å². The summed E-state index contributed by atoms with van der Waals surface area (Å²) >= 11 is 1.64. The minimum Gasteiger partial charge on any atom is -0.357 e. The molecule has 1 aromatic heterocycles. The number of nitrogens with zero attached hydrogens (tertiary/aromatic N) is 1. The molecule has 2 aliphatic carbocycles. The molecule has 2 heterocycles. The quantitative estimate of drug-likeness (QED) is 0.564. The molecule has 6 heteroatoms. The number of hydrogen-bond donors (Lipinski definition) is 2. The number of carbonyl (C=O) groups is 2. The minimum atomic E-state index is -0.273. The number of ketones is 1. The molecule has 3 aromatic rings. The van der Waals surface area contributed by atoms with Gasteiger partial charge in [0.25, 0.3) is 0 Å². The SMILES string of the molecule is O=C(CN1c2ccccc2NC2=C(C(=O)CCC2)C1c1cccs1)NC1Cc2ccccc2C1. The molecule has 0 spiro atoms. The van der Waals surface area contributed by atoms with Crippen molar-refractivity contribution in [3.8, 4) is 0 Å². The molecule has 6 rings (SSSR count). The van der Waals surface area contributed by atoms with Crippen molar-refractivity contribution in [2.24, 2.45) is 0 Å². The second-order valence-electron chi connectivity index (χ2n) is 9.30. The molecular formula is C28H27N3O2S. The number of Topliss-reactive ketones (excluding diaryl/α,β-unsaturated/α-hetero) is 1. The zero-order valence-electron chi connectivity index (χ0n) is 18.9. The van der Waals surface area contributed by atoms with Crippen molar-refractivity contribution >= 4 is 34.4 Å². The molecule has 2 N–H and O–H groups in total. The van der Waals surface area contributed by atoms with E-state index in [-0.39, 0.29) is 30.3 Å². The molecule has 1 aliphatic heterocycles. The maximum Gasteiger partial charge on any atom is 0.239 e. The average Bonchev–Trinajstić information content (AvgIpc) is 3.48. The van der Waals surface area contributed by atoms with Gasteiger partial charge in [0.15, 0.2) is 5.78 Å². The maximum atomic E-state index is 13.4. The zero-order valence-corrected chi connectivity index (χ0v) is 19.7. The lowest BCUT2D eigenvalue weighted by atomic mass is 9.88. The predicted molar refractivity (Wildman–Crippen MR) is 136 cm³/mol. The Morgan fingerprint density at radius 1 is 1.00 bits per heavy atom. The van der Waals surface area contributed by atoms with Crippen LogP contribution in [0.15, 0.2) is 77.3 Å². The Morgan fingerprint density at radius 3 is 2.53 bits per heavy atom. The Labute approximate surface area is 203 Å². The highest BCUT2D eigenvalue weighted by atomic mass is 32.1. The van der Waals surface area contributed by atoms with Crippen LogP contribution in [0.3, 0.4) is 0 Å². The number of para-hydroxylation sites is 2. The summed E-state index contributed by atoms with van der Waals surface area (Å²) in [6.45, 7) is 0.193. The van der Waals surface area contributed by atoms with E-state index in [2.05, 4.69) is 45.9 Å². The van der Waals surface area contributed by atoms with Gasteiger partial charge in [-0.25, -0.2) is 0 Å². The number of rotatable bonds is 4. The lowest BCUT2D eigenvalue weighted by Crippen LogP contribution is -2.44. The first-order valence-electron chi connectivity index (χ1n) is 12.0. The summed E-state index contributed by atoms with van der Waals surface area (Å²) in [7, 11) is 0. The van der Waals surface area contributed by atoms with Crippen molar-refractivity contribution < 1.29 is 9.59 Å². The molecule has 0 radical (unpaired) electrons. The van der Waals surface area contributed by atoms with E-state index in [4.69, 9.17) is 0 Å². The second kappa shape index (κ2) is 8.76. The van der Waals surface area contributed by atoms with E-state index in [1.54, 1.807) is 11.3 Å². The van der Waals surface area contributed by atoms with Crippen LogP contribution in [0.2, 0.25) is 0 Å². The van der Waals surface area contributed by atoms with Crippen LogP contribution in [0.25, 0.3) is 0 Å². The molecule has 2 aromatic carbocycles. The smallest absolute Gasteiger partial charge is 0.239 e. The van der Waals surface area contributed by atoms with Crippen LogP contribution in [0.4, 0.5) is 11.4 Å². The molecule has 5 nitrogen and oxygen atoms in total. The molecule has 34 heavy (non-hydrogen) atoms. The van der Waals surface area contributed by atoms with Gasteiger partial charge in [0.1, 0.15) is 0 Å². The Hall–Kier alpha value is -3.38. The van der Waals surface area contributed by atoms with Gasteiger partial charge < -0.3 is 15.5 Å². The van der Waals surface area contributed by atoms with E-state index in [0.717, 1.165) is 53.2 Å². The third-order valence-electron chi connectivity index (χ3n) is 7.08. The van der Waals surface area contributed by atoms with Crippen molar-refractivity contribution in [2.45, 2.75) is 44.2 Å². The molecule has 172 valence electrons. The van der Waals surface area contributed by atoms with Gasteiger partial charge in [0, 0.05) is 28.6 Å². The van der Waals surface area contributed by atoms with Gasteiger partial charge in [-0.1, -0.05) is 42.5 Å². The number of benzene rings is 2. The fourth-order valence-electron chi connectivity index (χ4n) is 5.61. The van der Waals surface area contributed by atoms with Crippen molar-refractivity contribution in [1.82, 2.24) is 5.32 Å². The van der Waals surface area contributed by atoms with E-state index in [1.807, 2.05) is 35.7 Å². The van der Waals surface area contributed by atoms with Gasteiger partial charge in [0.2, 0.25) is 5.91 Å². The third kappa shape index (κ3) is 3.82. The highest BCUT2D eigenvalue weighted by Crippen LogP contribution is 2.45. The summed E-state index contributed by atoms with van der Waals surface area (Å²) in [5.41, 5.74) is 6.34. The van der Waals surface area contributed by atoms with E-state index < -0.39 is 0 Å². The van der Waals surface area contributed by atoms with Gasteiger partial charge in [-0.05, 0) is 60.4 Å². The summed E-state index contributed by atoms with van der Waals surface area (Å²) < 4.78 is 0. The van der Waals surface area contributed by atoms with Crippen LogP contribution in [-0.4, -0.2) is 24.3 Å². The topological polar surface area (TPSA) is 61.4 Å².